The van der Waals surface area contributed by atoms with Crippen LogP contribution in [0, 0.1) is 11.3 Å². The third kappa shape index (κ3) is 4.24. The first-order chi connectivity index (χ1) is 22.8. The monoisotopic (exact) mass is 595 g/mol. The lowest BCUT2D eigenvalue weighted by Gasteiger charge is -2.30. The summed E-state index contributed by atoms with van der Waals surface area (Å²) in [4.78, 5) is 0. The van der Waals surface area contributed by atoms with E-state index in [1.54, 1.807) is 0 Å². The second-order valence-corrected chi connectivity index (χ2v) is 13.2. The number of nitrogens with zero attached hydrogens (tertiary/aromatic N) is 3. The van der Waals surface area contributed by atoms with Gasteiger partial charge in [0.25, 0.3) is 0 Å². The van der Waals surface area contributed by atoms with E-state index >= 15 is 0 Å². The van der Waals surface area contributed by atoms with E-state index in [0.29, 0.717) is 5.92 Å². The number of nitriles is 1. The van der Waals surface area contributed by atoms with E-state index in [4.69, 9.17) is 0 Å². The number of fused-ring (bicyclic) bond motifs is 6. The number of allylic oxidation sites excluding steroid dienone is 8. The topological polar surface area (TPSA) is 33.6 Å². The first kappa shape index (κ1) is 27.3. The molecule has 0 saturated carbocycles. The van der Waals surface area contributed by atoms with Crippen molar-refractivity contribution in [3.05, 3.63) is 136 Å². The number of rotatable bonds is 4. The van der Waals surface area contributed by atoms with E-state index in [2.05, 4.69) is 118 Å². The minimum atomic E-state index is 0.355. The van der Waals surface area contributed by atoms with Gasteiger partial charge in [0, 0.05) is 56.2 Å². The summed E-state index contributed by atoms with van der Waals surface area (Å²) in [5, 5.41) is 12.1. The second-order valence-electron chi connectivity index (χ2n) is 13.2. The van der Waals surface area contributed by atoms with Crippen LogP contribution in [0.25, 0.3) is 50.9 Å². The molecule has 3 nitrogen and oxygen atoms in total. The van der Waals surface area contributed by atoms with Gasteiger partial charge in [-0.05, 0) is 105 Å². The third-order valence-corrected chi connectivity index (χ3v) is 10.7. The normalized spacial score (nSPS) is 19.2. The molecule has 2 aromatic heterocycles. The van der Waals surface area contributed by atoms with Gasteiger partial charge in [-0.1, -0.05) is 78.9 Å². The first-order valence-corrected chi connectivity index (χ1v) is 17.0. The molecule has 0 saturated heterocycles. The maximum absolute atomic E-state index is 9.43. The molecule has 1 atom stereocenters. The molecule has 46 heavy (non-hydrogen) atoms. The number of hydrogen-bond acceptors (Lipinski definition) is 1. The predicted octanol–water partition coefficient (Wildman–Crippen LogP) is 10.9. The van der Waals surface area contributed by atoms with Gasteiger partial charge >= 0.3 is 0 Å². The Morgan fingerprint density at radius 3 is 2.28 bits per heavy atom. The maximum atomic E-state index is 9.43. The van der Waals surface area contributed by atoms with Crippen molar-refractivity contribution in [3.63, 3.8) is 0 Å². The molecule has 4 aliphatic rings. The lowest BCUT2D eigenvalue weighted by Crippen LogP contribution is -2.16. The van der Waals surface area contributed by atoms with Crippen molar-refractivity contribution < 1.29 is 0 Å². The summed E-state index contributed by atoms with van der Waals surface area (Å²) in [6.45, 7) is 0. The summed E-state index contributed by atoms with van der Waals surface area (Å²) in [6.07, 6.45) is 23.4. The molecule has 9 rings (SSSR count). The molecule has 0 aliphatic heterocycles. The molecule has 0 fully saturated rings. The summed E-state index contributed by atoms with van der Waals surface area (Å²) in [5.41, 5.74) is 16.2. The van der Waals surface area contributed by atoms with Crippen molar-refractivity contribution in [2.24, 2.45) is 0 Å². The highest BCUT2D eigenvalue weighted by Crippen LogP contribution is 2.46. The Morgan fingerprint density at radius 1 is 0.696 bits per heavy atom. The van der Waals surface area contributed by atoms with Crippen molar-refractivity contribution in [3.8, 4) is 6.07 Å². The summed E-state index contributed by atoms with van der Waals surface area (Å²) < 4.78 is 5.13. The highest BCUT2D eigenvalue weighted by molar-refractivity contribution is 6.00. The molecule has 0 N–H and O–H groups in total. The molecule has 0 amide bonds. The highest BCUT2D eigenvalue weighted by atomic mass is 15.0. The van der Waals surface area contributed by atoms with Crippen molar-refractivity contribution in [1.82, 2.24) is 9.13 Å². The van der Waals surface area contributed by atoms with Crippen LogP contribution in [0.3, 0.4) is 0 Å². The first-order valence-electron chi connectivity index (χ1n) is 17.0. The van der Waals surface area contributed by atoms with Gasteiger partial charge in [-0.15, -0.1) is 0 Å². The fraction of sp³-hybridized carbons (Fsp3) is 0.233. The number of benzene rings is 3. The van der Waals surface area contributed by atoms with Crippen LogP contribution in [0.15, 0.2) is 103 Å². The van der Waals surface area contributed by atoms with Crippen molar-refractivity contribution in [1.29, 1.82) is 5.26 Å². The largest absolute Gasteiger partial charge is 0.317 e. The zero-order valence-electron chi connectivity index (χ0n) is 26.2. The average Bonchev–Trinajstić information content (AvgIpc) is 3.64. The standard InChI is InChI=1S/C43H37N3/c44-28-29-21-24-31(25-22-29)45-39-17-7-6-16-37(39)38-27-30(23-26-43(38)45)32-11-1-2-12-33(32)34-13-3-8-18-40(34)46-41-19-9-4-14-35(41)36-15-5-10-20-42(36)46/h1-2,4-7,9,11-12,14-19,21,24,27,34H,3,8,10,13,20,22-23,25-26H2. The van der Waals surface area contributed by atoms with Gasteiger partial charge in [0.15, 0.2) is 0 Å². The summed E-state index contributed by atoms with van der Waals surface area (Å²) in [6, 6.07) is 29.5. The van der Waals surface area contributed by atoms with Crippen LogP contribution in [0.5, 0.6) is 0 Å². The second kappa shape index (κ2) is 11.1. The van der Waals surface area contributed by atoms with Crippen LogP contribution in [-0.2, 0) is 12.8 Å². The van der Waals surface area contributed by atoms with Gasteiger partial charge in [-0.3, -0.25) is 0 Å². The van der Waals surface area contributed by atoms with Gasteiger partial charge in [-0.2, -0.15) is 5.26 Å². The Balaban J connectivity index is 1.17. The molecule has 4 aliphatic carbocycles. The molecule has 5 aromatic rings. The molecule has 1 unspecified atom stereocenters. The Bertz CT molecular complexity index is 2250. The van der Waals surface area contributed by atoms with Crippen molar-refractivity contribution in [2.75, 3.05) is 0 Å². The van der Waals surface area contributed by atoms with E-state index in [9.17, 15) is 5.26 Å². The van der Waals surface area contributed by atoms with Crippen LogP contribution in [0.1, 0.15) is 84.5 Å². The molecular weight excluding hydrogens is 558 g/mol. The van der Waals surface area contributed by atoms with E-state index in [1.807, 2.05) is 6.08 Å². The fourth-order valence-corrected chi connectivity index (χ4v) is 8.65. The molecule has 0 radical (unpaired) electrons. The Morgan fingerprint density at radius 2 is 1.46 bits per heavy atom. The van der Waals surface area contributed by atoms with E-state index in [-0.39, 0.29) is 0 Å². The smallest absolute Gasteiger partial charge is 0.0947 e. The Labute approximate surface area is 270 Å². The zero-order chi connectivity index (χ0) is 30.6. The van der Waals surface area contributed by atoms with Crippen LogP contribution in [-0.4, -0.2) is 9.13 Å². The van der Waals surface area contributed by atoms with Gasteiger partial charge in [0.05, 0.1) is 17.1 Å². The summed E-state index contributed by atoms with van der Waals surface area (Å²) in [7, 11) is 0. The Kier molecular flexibility index (Phi) is 6.56. The zero-order valence-corrected chi connectivity index (χ0v) is 26.2. The summed E-state index contributed by atoms with van der Waals surface area (Å²) >= 11 is 0. The molecule has 224 valence electrons. The van der Waals surface area contributed by atoms with Crippen molar-refractivity contribution in [2.45, 2.75) is 63.7 Å². The van der Waals surface area contributed by atoms with Gasteiger partial charge in [-0.25, -0.2) is 0 Å². The third-order valence-electron chi connectivity index (χ3n) is 10.7. The number of hydrogen-bond donors (Lipinski definition) is 0. The molecule has 0 spiro atoms. The van der Waals surface area contributed by atoms with Crippen LogP contribution >= 0.6 is 0 Å². The lowest BCUT2D eigenvalue weighted by molar-refractivity contribution is 0.641. The minimum Gasteiger partial charge on any atom is -0.317 e. The molecule has 2 heterocycles. The molecular formula is C43H37N3. The number of para-hydroxylation sites is 2. The lowest BCUT2D eigenvalue weighted by atomic mass is 9.80. The van der Waals surface area contributed by atoms with Crippen LogP contribution in [0.4, 0.5) is 0 Å². The molecule has 0 bridgehead atoms. The number of aromatic nitrogens is 2. The molecule has 3 aromatic carbocycles. The molecule has 3 heteroatoms. The van der Waals surface area contributed by atoms with Crippen molar-refractivity contribution >= 4 is 50.9 Å². The van der Waals surface area contributed by atoms with Gasteiger partial charge < -0.3 is 9.13 Å². The minimum absolute atomic E-state index is 0.355. The highest BCUT2D eigenvalue weighted by Gasteiger charge is 2.30. The van der Waals surface area contributed by atoms with E-state index < -0.39 is 0 Å². The predicted molar refractivity (Wildman–Crippen MR) is 192 cm³/mol. The quantitative estimate of drug-likeness (QED) is 0.203. The average molecular weight is 596 g/mol. The van der Waals surface area contributed by atoms with Crippen LogP contribution in [0.2, 0.25) is 0 Å². The Hall–Kier alpha value is -5.07. The maximum Gasteiger partial charge on any atom is 0.0947 e. The van der Waals surface area contributed by atoms with E-state index in [1.165, 1.54) is 85.3 Å². The fourth-order valence-electron chi connectivity index (χ4n) is 8.65. The van der Waals surface area contributed by atoms with Gasteiger partial charge in [0.1, 0.15) is 0 Å². The van der Waals surface area contributed by atoms with Crippen LogP contribution < -0.4 is 0 Å². The SMILES string of the molecule is N#CC1=CC=C(n2c3c(c4ccccc42)C=C(c2ccccc2C2CCCC=C2n2c4c(c5ccccc52)C=CCC4)CC3)CC1. The summed E-state index contributed by atoms with van der Waals surface area (Å²) in [5.74, 6) is 0.355. The van der Waals surface area contributed by atoms with E-state index in [0.717, 1.165) is 50.5 Å². The van der Waals surface area contributed by atoms with Gasteiger partial charge in [0.2, 0.25) is 0 Å².